The van der Waals surface area contributed by atoms with Gasteiger partial charge in [0.05, 0.1) is 16.4 Å². The first-order valence-electron chi connectivity index (χ1n) is 8.59. The zero-order chi connectivity index (χ0) is 19.5. The maximum Gasteiger partial charge on any atom is 0.240 e. The highest BCUT2D eigenvalue weighted by atomic mass is 35.5. The highest BCUT2D eigenvalue weighted by Gasteiger charge is 2.32. The van der Waals surface area contributed by atoms with Gasteiger partial charge in [0.15, 0.2) is 16.7 Å². The molecule has 2 amide bonds. The highest BCUT2D eigenvalue weighted by molar-refractivity contribution is 8.15. The smallest absolute Gasteiger partial charge is 0.240 e. The van der Waals surface area contributed by atoms with Gasteiger partial charge in [-0.3, -0.25) is 9.59 Å². The molecule has 2 aliphatic heterocycles. The molecule has 4 rings (SSSR count). The van der Waals surface area contributed by atoms with Gasteiger partial charge >= 0.3 is 0 Å². The summed E-state index contributed by atoms with van der Waals surface area (Å²) in [6, 6.07) is 12.3. The minimum absolute atomic E-state index is 0.0158. The van der Waals surface area contributed by atoms with E-state index in [4.69, 9.17) is 21.1 Å². The Morgan fingerprint density at radius 1 is 1.21 bits per heavy atom. The molecule has 0 aromatic heterocycles. The van der Waals surface area contributed by atoms with E-state index < -0.39 is 5.25 Å². The van der Waals surface area contributed by atoms with Crippen molar-refractivity contribution in [1.82, 2.24) is 5.32 Å². The average Bonchev–Trinajstić information content (AvgIpc) is 3.02. The van der Waals surface area contributed by atoms with E-state index in [0.717, 1.165) is 0 Å². The van der Waals surface area contributed by atoms with Gasteiger partial charge in [0.1, 0.15) is 18.5 Å². The Kier molecular flexibility index (Phi) is 5.40. The van der Waals surface area contributed by atoms with Gasteiger partial charge < -0.3 is 20.1 Å². The number of ether oxygens (including phenoxy) is 2. The molecule has 1 fully saturated rings. The lowest BCUT2D eigenvalue weighted by atomic mass is 10.2. The summed E-state index contributed by atoms with van der Waals surface area (Å²) >= 11 is 7.26. The Balaban J connectivity index is 1.40. The number of amidine groups is 1. The van der Waals surface area contributed by atoms with Crippen molar-refractivity contribution >= 4 is 51.7 Å². The Morgan fingerprint density at radius 3 is 2.82 bits per heavy atom. The molecule has 2 N–H and O–H groups in total. The third-order valence-electron chi connectivity index (χ3n) is 4.05. The standard InChI is InChI=1S/C19H16ClN3O4S/c20-12-3-1-2-4-13(12)22-17(24)10-16-18(25)23-19(28-16)21-11-5-6-14-15(9-11)27-8-7-26-14/h1-6,9,16H,7-8,10H2,(H,22,24)(H,21,23,25)/t16-/m1/s1. The fourth-order valence-electron chi connectivity index (χ4n) is 2.74. The van der Waals surface area contributed by atoms with Gasteiger partial charge in [0, 0.05) is 12.5 Å². The van der Waals surface area contributed by atoms with Crippen LogP contribution < -0.4 is 20.1 Å². The van der Waals surface area contributed by atoms with Gasteiger partial charge in [0.2, 0.25) is 11.8 Å². The molecule has 2 aromatic rings. The van der Waals surface area contributed by atoms with Crippen molar-refractivity contribution < 1.29 is 19.1 Å². The van der Waals surface area contributed by atoms with Gasteiger partial charge in [0.25, 0.3) is 0 Å². The number of carbonyl (C=O) groups excluding carboxylic acids is 2. The number of halogens is 1. The Labute approximate surface area is 170 Å². The first-order valence-corrected chi connectivity index (χ1v) is 9.84. The van der Waals surface area contributed by atoms with E-state index in [1.54, 1.807) is 42.5 Å². The molecule has 0 saturated carbocycles. The molecule has 0 radical (unpaired) electrons. The molecule has 7 nitrogen and oxygen atoms in total. The molecule has 2 aromatic carbocycles. The number of nitrogens with zero attached hydrogens (tertiary/aromatic N) is 1. The number of thioether (sulfide) groups is 1. The summed E-state index contributed by atoms with van der Waals surface area (Å²) in [5, 5.41) is 5.76. The van der Waals surface area contributed by atoms with Crippen LogP contribution in [0, 0.1) is 0 Å². The van der Waals surface area contributed by atoms with Gasteiger partial charge in [-0.25, -0.2) is 4.99 Å². The quantitative estimate of drug-likeness (QED) is 0.796. The Morgan fingerprint density at radius 2 is 2.00 bits per heavy atom. The Bertz CT molecular complexity index is 966. The summed E-state index contributed by atoms with van der Waals surface area (Å²) in [5.41, 5.74) is 1.15. The fraction of sp³-hybridized carbons (Fsp3) is 0.211. The second-order valence-corrected chi connectivity index (χ2v) is 7.67. The van der Waals surface area contributed by atoms with Crippen LogP contribution in [-0.4, -0.2) is 35.4 Å². The monoisotopic (exact) mass is 417 g/mol. The molecule has 0 aliphatic carbocycles. The predicted molar refractivity (Wildman–Crippen MR) is 109 cm³/mol. The largest absolute Gasteiger partial charge is 0.486 e. The second kappa shape index (κ2) is 8.12. The minimum Gasteiger partial charge on any atom is -0.486 e. The zero-order valence-corrected chi connectivity index (χ0v) is 16.2. The number of amides is 2. The normalized spacial score (nSPS) is 19.4. The molecular weight excluding hydrogens is 402 g/mol. The van der Waals surface area contributed by atoms with Crippen molar-refractivity contribution in [2.24, 2.45) is 4.99 Å². The average molecular weight is 418 g/mol. The molecule has 28 heavy (non-hydrogen) atoms. The predicted octanol–water partition coefficient (Wildman–Crippen LogP) is 3.36. The molecule has 2 heterocycles. The molecule has 1 saturated heterocycles. The van der Waals surface area contributed by atoms with Crippen molar-refractivity contribution in [3.8, 4) is 11.5 Å². The van der Waals surface area contributed by atoms with Gasteiger partial charge in [-0.2, -0.15) is 0 Å². The molecular formula is C19H16ClN3O4S. The number of hydrogen-bond donors (Lipinski definition) is 2. The number of para-hydroxylation sites is 1. The van der Waals surface area contributed by atoms with Crippen molar-refractivity contribution in [1.29, 1.82) is 0 Å². The van der Waals surface area contributed by atoms with Crippen LogP contribution in [0.5, 0.6) is 11.5 Å². The van der Waals surface area contributed by atoms with Crippen LogP contribution in [-0.2, 0) is 9.59 Å². The molecule has 0 unspecified atom stereocenters. The van der Waals surface area contributed by atoms with Crippen molar-refractivity contribution in [2.75, 3.05) is 18.5 Å². The summed E-state index contributed by atoms with van der Waals surface area (Å²) in [4.78, 5) is 28.9. The lowest BCUT2D eigenvalue weighted by Gasteiger charge is -2.18. The number of fused-ring (bicyclic) bond motifs is 1. The van der Waals surface area contributed by atoms with Crippen LogP contribution in [0.15, 0.2) is 47.5 Å². The molecule has 0 bridgehead atoms. The van der Waals surface area contributed by atoms with Gasteiger partial charge in [-0.1, -0.05) is 35.5 Å². The fourth-order valence-corrected chi connectivity index (χ4v) is 3.91. The van der Waals surface area contributed by atoms with Crippen LogP contribution in [0.4, 0.5) is 11.4 Å². The van der Waals surface area contributed by atoms with Crippen molar-refractivity contribution in [2.45, 2.75) is 11.7 Å². The lowest BCUT2D eigenvalue weighted by molar-refractivity contribution is -0.122. The number of nitrogens with one attached hydrogen (secondary N) is 2. The van der Waals surface area contributed by atoms with Gasteiger partial charge in [-0.15, -0.1) is 0 Å². The first kappa shape index (κ1) is 18.6. The third kappa shape index (κ3) is 4.23. The molecule has 144 valence electrons. The van der Waals surface area contributed by atoms with Crippen LogP contribution in [0.3, 0.4) is 0 Å². The van der Waals surface area contributed by atoms with Crippen molar-refractivity contribution in [3.63, 3.8) is 0 Å². The highest BCUT2D eigenvalue weighted by Crippen LogP contribution is 2.34. The third-order valence-corrected chi connectivity index (χ3v) is 5.46. The van der Waals surface area contributed by atoms with Crippen LogP contribution in [0.25, 0.3) is 0 Å². The van der Waals surface area contributed by atoms with Crippen molar-refractivity contribution in [3.05, 3.63) is 47.5 Å². The number of benzene rings is 2. The molecule has 0 spiro atoms. The van der Waals surface area contributed by atoms with E-state index in [-0.39, 0.29) is 18.2 Å². The SMILES string of the molecule is O=C(C[C@H]1SC(=Nc2ccc3c(c2)OCCO3)NC1=O)Nc1ccccc1Cl. The number of hydrogen-bond acceptors (Lipinski definition) is 6. The molecule has 9 heteroatoms. The maximum absolute atomic E-state index is 12.3. The summed E-state index contributed by atoms with van der Waals surface area (Å²) in [6.07, 6.45) is 0.0158. The first-order chi connectivity index (χ1) is 13.6. The van der Waals surface area contributed by atoms with Gasteiger partial charge in [-0.05, 0) is 24.3 Å². The van der Waals surface area contributed by atoms with Crippen LogP contribution in [0.1, 0.15) is 6.42 Å². The number of anilines is 1. The number of rotatable bonds is 4. The topological polar surface area (TPSA) is 89.0 Å². The number of aliphatic imine (C=N–C) groups is 1. The molecule has 2 aliphatic rings. The van der Waals surface area contributed by atoms with E-state index in [0.29, 0.717) is 46.3 Å². The van der Waals surface area contributed by atoms with E-state index in [9.17, 15) is 9.59 Å². The summed E-state index contributed by atoms with van der Waals surface area (Å²) in [7, 11) is 0. The van der Waals surface area contributed by atoms with Crippen LogP contribution >= 0.6 is 23.4 Å². The maximum atomic E-state index is 12.3. The Hall–Kier alpha value is -2.71. The summed E-state index contributed by atoms with van der Waals surface area (Å²) in [5.74, 6) is 0.752. The van der Waals surface area contributed by atoms with E-state index in [2.05, 4.69) is 15.6 Å². The summed E-state index contributed by atoms with van der Waals surface area (Å²) in [6.45, 7) is 1.01. The van der Waals surface area contributed by atoms with E-state index in [1.807, 2.05) is 0 Å². The van der Waals surface area contributed by atoms with E-state index in [1.165, 1.54) is 11.8 Å². The van der Waals surface area contributed by atoms with E-state index >= 15 is 0 Å². The molecule has 1 atom stereocenters. The number of carbonyl (C=O) groups is 2. The zero-order valence-electron chi connectivity index (χ0n) is 14.6. The minimum atomic E-state index is -0.557. The summed E-state index contributed by atoms with van der Waals surface area (Å²) < 4.78 is 11.0. The van der Waals surface area contributed by atoms with Crippen LogP contribution in [0.2, 0.25) is 5.02 Å². The second-order valence-electron chi connectivity index (χ2n) is 6.07. The lowest BCUT2D eigenvalue weighted by Crippen LogP contribution is -2.28.